The molecule has 1 aliphatic carbocycles. The van der Waals surface area contributed by atoms with E-state index < -0.39 is 23.8 Å². The molecule has 166 valence electrons. The number of ether oxygens (including phenoxy) is 1. The number of carbonyl (C=O) groups excluding carboxylic acids is 1. The van der Waals surface area contributed by atoms with Crippen LogP contribution in [-0.4, -0.2) is 40.7 Å². The zero-order valence-electron chi connectivity index (χ0n) is 18.6. The number of aliphatic imine (C=N–C) groups is 1. The van der Waals surface area contributed by atoms with Gasteiger partial charge >= 0.3 is 6.09 Å². The van der Waals surface area contributed by atoms with Gasteiger partial charge in [0.15, 0.2) is 0 Å². The van der Waals surface area contributed by atoms with Gasteiger partial charge in [-0.05, 0) is 68.7 Å². The SMILES string of the molecule is C/C(=N\c1ccc2c(c1)C(NC(=O)OC(C)(C)C)C(O)C2)N(C)Cc1ccc(F)cc1. The molecule has 0 saturated carbocycles. The predicted molar refractivity (Wildman–Crippen MR) is 119 cm³/mol. The average molecular weight is 428 g/mol. The Hall–Kier alpha value is -2.93. The molecular formula is C24H30FN3O3. The number of aliphatic hydroxyl groups excluding tert-OH is 1. The molecule has 0 fully saturated rings. The number of nitrogens with zero attached hydrogens (tertiary/aromatic N) is 2. The molecule has 1 aliphatic rings. The van der Waals surface area contributed by atoms with Crippen LogP contribution in [0.15, 0.2) is 47.5 Å². The van der Waals surface area contributed by atoms with Crippen molar-refractivity contribution in [2.45, 2.75) is 58.4 Å². The van der Waals surface area contributed by atoms with Crippen LogP contribution >= 0.6 is 0 Å². The molecule has 2 unspecified atom stereocenters. The van der Waals surface area contributed by atoms with Gasteiger partial charge in [0.2, 0.25) is 0 Å². The first-order chi connectivity index (χ1) is 14.5. The predicted octanol–water partition coefficient (Wildman–Crippen LogP) is 4.49. The van der Waals surface area contributed by atoms with E-state index in [4.69, 9.17) is 9.73 Å². The van der Waals surface area contributed by atoms with E-state index in [-0.39, 0.29) is 5.82 Å². The largest absolute Gasteiger partial charge is 0.444 e. The molecule has 31 heavy (non-hydrogen) atoms. The lowest BCUT2D eigenvalue weighted by Crippen LogP contribution is -2.38. The molecule has 0 heterocycles. The van der Waals surface area contributed by atoms with Gasteiger partial charge < -0.3 is 20.1 Å². The molecule has 0 spiro atoms. The first-order valence-corrected chi connectivity index (χ1v) is 10.3. The Morgan fingerprint density at radius 2 is 1.94 bits per heavy atom. The highest BCUT2D eigenvalue weighted by atomic mass is 19.1. The number of carbonyl (C=O) groups is 1. The normalized spacial score (nSPS) is 18.5. The van der Waals surface area contributed by atoms with Gasteiger partial charge in [-0.3, -0.25) is 0 Å². The third kappa shape index (κ3) is 6.04. The maximum absolute atomic E-state index is 13.1. The second kappa shape index (κ2) is 9.06. The summed E-state index contributed by atoms with van der Waals surface area (Å²) in [5, 5.41) is 13.2. The summed E-state index contributed by atoms with van der Waals surface area (Å²) in [6, 6.07) is 11.6. The summed E-state index contributed by atoms with van der Waals surface area (Å²) in [6.45, 7) is 7.89. The summed E-state index contributed by atoms with van der Waals surface area (Å²) in [6.07, 6.45) is -0.819. The number of halogens is 1. The van der Waals surface area contributed by atoms with Crippen molar-refractivity contribution >= 4 is 17.6 Å². The van der Waals surface area contributed by atoms with Crippen LogP contribution in [0.3, 0.4) is 0 Å². The van der Waals surface area contributed by atoms with Crippen molar-refractivity contribution in [1.29, 1.82) is 0 Å². The molecule has 0 bridgehead atoms. The Morgan fingerprint density at radius 3 is 2.58 bits per heavy atom. The molecule has 3 rings (SSSR count). The van der Waals surface area contributed by atoms with E-state index in [2.05, 4.69) is 5.32 Å². The fraction of sp³-hybridized carbons (Fsp3) is 0.417. The van der Waals surface area contributed by atoms with Gasteiger partial charge in [0.05, 0.1) is 17.8 Å². The molecule has 0 radical (unpaired) electrons. The first kappa shape index (κ1) is 22.7. The number of hydrogen-bond donors (Lipinski definition) is 2. The van der Waals surface area contributed by atoms with Gasteiger partial charge in [0, 0.05) is 20.0 Å². The van der Waals surface area contributed by atoms with E-state index in [0.717, 1.165) is 28.2 Å². The second-order valence-electron chi connectivity index (χ2n) is 8.92. The minimum Gasteiger partial charge on any atom is -0.444 e. The molecule has 2 N–H and O–H groups in total. The summed E-state index contributed by atoms with van der Waals surface area (Å²) in [5.41, 5.74) is 2.91. The molecule has 2 atom stereocenters. The van der Waals surface area contributed by atoms with Crippen molar-refractivity contribution in [3.05, 3.63) is 65.0 Å². The summed E-state index contributed by atoms with van der Waals surface area (Å²) in [4.78, 5) is 18.9. The minimum atomic E-state index is -0.719. The second-order valence-corrected chi connectivity index (χ2v) is 8.92. The van der Waals surface area contributed by atoms with Crippen molar-refractivity contribution in [1.82, 2.24) is 10.2 Å². The molecule has 0 aliphatic heterocycles. The Bertz CT molecular complexity index is 967. The Morgan fingerprint density at radius 1 is 1.26 bits per heavy atom. The quantitative estimate of drug-likeness (QED) is 0.557. The van der Waals surface area contributed by atoms with Crippen LogP contribution in [0.1, 0.15) is 50.4 Å². The van der Waals surface area contributed by atoms with E-state index in [0.29, 0.717) is 13.0 Å². The van der Waals surface area contributed by atoms with Crippen molar-refractivity contribution in [3.8, 4) is 0 Å². The average Bonchev–Trinajstić information content (AvgIpc) is 2.97. The van der Waals surface area contributed by atoms with Gasteiger partial charge in [0.25, 0.3) is 0 Å². The first-order valence-electron chi connectivity index (χ1n) is 10.3. The highest BCUT2D eigenvalue weighted by Gasteiger charge is 2.33. The number of rotatable bonds is 4. The zero-order valence-corrected chi connectivity index (χ0v) is 18.6. The van der Waals surface area contributed by atoms with Crippen molar-refractivity contribution in [2.75, 3.05) is 7.05 Å². The lowest BCUT2D eigenvalue weighted by Gasteiger charge is -2.23. The highest BCUT2D eigenvalue weighted by molar-refractivity contribution is 5.82. The summed E-state index contributed by atoms with van der Waals surface area (Å²) in [5.74, 6) is 0.533. The molecule has 2 aromatic carbocycles. The van der Waals surface area contributed by atoms with Crippen molar-refractivity contribution < 1.29 is 19.0 Å². The van der Waals surface area contributed by atoms with E-state index in [9.17, 15) is 14.3 Å². The monoisotopic (exact) mass is 427 g/mol. The van der Waals surface area contributed by atoms with Gasteiger partial charge in [-0.25, -0.2) is 14.2 Å². The Labute approximate surface area is 182 Å². The number of aliphatic hydroxyl groups is 1. The maximum Gasteiger partial charge on any atom is 0.408 e. The van der Waals surface area contributed by atoms with Crippen molar-refractivity contribution in [3.63, 3.8) is 0 Å². The van der Waals surface area contributed by atoms with E-state index in [1.54, 1.807) is 32.9 Å². The molecule has 0 aromatic heterocycles. The van der Waals surface area contributed by atoms with Crippen LogP contribution in [0.2, 0.25) is 0 Å². The third-order valence-corrected chi connectivity index (χ3v) is 5.13. The standard InChI is InChI=1S/C24H30FN3O3/c1-15(28(5)14-16-6-9-18(25)10-7-16)26-19-11-8-17-12-21(29)22(20(17)13-19)27-23(30)31-24(2,3)4/h6-11,13,21-22,29H,12,14H2,1-5H3,(H,27,30)/b26-15+. The lowest BCUT2D eigenvalue weighted by atomic mass is 10.1. The molecule has 0 saturated heterocycles. The molecular weight excluding hydrogens is 397 g/mol. The Balaban J connectivity index is 1.74. The topological polar surface area (TPSA) is 74.2 Å². The number of hydrogen-bond acceptors (Lipinski definition) is 4. The molecule has 6 nitrogen and oxygen atoms in total. The van der Waals surface area contributed by atoms with E-state index in [1.165, 1.54) is 12.1 Å². The lowest BCUT2D eigenvalue weighted by molar-refractivity contribution is 0.0438. The van der Waals surface area contributed by atoms with E-state index in [1.807, 2.05) is 37.1 Å². The number of amidine groups is 1. The van der Waals surface area contributed by atoms with Gasteiger partial charge in [-0.1, -0.05) is 18.2 Å². The molecule has 7 heteroatoms. The van der Waals surface area contributed by atoms with Gasteiger partial charge in [0.1, 0.15) is 17.3 Å². The fourth-order valence-electron chi connectivity index (χ4n) is 3.54. The smallest absolute Gasteiger partial charge is 0.408 e. The Kier molecular flexibility index (Phi) is 6.65. The summed E-state index contributed by atoms with van der Waals surface area (Å²) in [7, 11) is 1.92. The minimum absolute atomic E-state index is 0.258. The fourth-order valence-corrected chi connectivity index (χ4v) is 3.54. The van der Waals surface area contributed by atoms with Crippen LogP contribution in [0.4, 0.5) is 14.9 Å². The molecule has 2 aromatic rings. The highest BCUT2D eigenvalue weighted by Crippen LogP contribution is 2.34. The number of amides is 1. The number of fused-ring (bicyclic) bond motifs is 1. The summed E-state index contributed by atoms with van der Waals surface area (Å²) < 4.78 is 18.4. The van der Waals surface area contributed by atoms with Crippen molar-refractivity contribution in [2.24, 2.45) is 4.99 Å². The van der Waals surface area contributed by atoms with Crippen LogP contribution in [0, 0.1) is 5.82 Å². The third-order valence-electron chi connectivity index (χ3n) is 5.13. The van der Waals surface area contributed by atoms with E-state index >= 15 is 0 Å². The molecule has 1 amide bonds. The number of alkyl carbamates (subject to hydrolysis) is 1. The number of nitrogens with one attached hydrogen (secondary N) is 1. The van der Waals surface area contributed by atoms with Crippen LogP contribution in [0.5, 0.6) is 0 Å². The number of benzene rings is 2. The van der Waals surface area contributed by atoms with Gasteiger partial charge in [-0.2, -0.15) is 0 Å². The zero-order chi connectivity index (χ0) is 22.8. The summed E-state index contributed by atoms with van der Waals surface area (Å²) >= 11 is 0. The van der Waals surface area contributed by atoms with Crippen LogP contribution in [0.25, 0.3) is 0 Å². The van der Waals surface area contributed by atoms with Crippen LogP contribution in [-0.2, 0) is 17.7 Å². The maximum atomic E-state index is 13.1. The van der Waals surface area contributed by atoms with Crippen LogP contribution < -0.4 is 5.32 Å². The van der Waals surface area contributed by atoms with Gasteiger partial charge in [-0.15, -0.1) is 0 Å².